The normalized spacial score (nSPS) is 15.4. The van der Waals surface area contributed by atoms with Gasteiger partial charge in [-0.25, -0.2) is 0 Å². The summed E-state index contributed by atoms with van der Waals surface area (Å²) >= 11 is 6.15. The number of carbonyl (C=O) groups excluding carboxylic acids is 1. The van der Waals surface area contributed by atoms with Gasteiger partial charge in [0, 0.05) is 31.2 Å². The van der Waals surface area contributed by atoms with E-state index in [1.165, 1.54) is 22.3 Å². The van der Waals surface area contributed by atoms with E-state index in [1.54, 1.807) is 25.3 Å². The lowest BCUT2D eigenvalue weighted by Crippen LogP contribution is -2.50. The molecule has 0 radical (unpaired) electrons. The second kappa shape index (κ2) is 9.76. The van der Waals surface area contributed by atoms with Gasteiger partial charge in [-0.05, 0) is 48.7 Å². The molecule has 1 aliphatic rings. The summed E-state index contributed by atoms with van der Waals surface area (Å²) in [6.07, 6.45) is 0. The molecule has 3 aromatic rings. The van der Waals surface area contributed by atoms with Crippen LogP contribution in [0.3, 0.4) is 0 Å². The molecule has 1 atom stereocenters. The van der Waals surface area contributed by atoms with Gasteiger partial charge in [-0.3, -0.25) is 9.69 Å². The summed E-state index contributed by atoms with van der Waals surface area (Å²) in [7, 11) is 1.58. The number of methoxy groups -OCH3 is 1. The minimum Gasteiger partial charge on any atom is -0.496 e. The van der Waals surface area contributed by atoms with Crippen molar-refractivity contribution in [2.75, 3.05) is 33.3 Å². The predicted octanol–water partition coefficient (Wildman–Crippen LogP) is 5.51. The van der Waals surface area contributed by atoms with Crippen molar-refractivity contribution in [3.63, 3.8) is 0 Å². The first-order chi connectivity index (χ1) is 15.5. The molecule has 1 saturated heterocycles. The van der Waals surface area contributed by atoms with E-state index in [0.29, 0.717) is 29.4 Å². The molecule has 0 spiro atoms. The van der Waals surface area contributed by atoms with E-state index in [-0.39, 0.29) is 11.9 Å². The Labute approximate surface area is 195 Å². The highest BCUT2D eigenvalue weighted by Gasteiger charge is 2.30. The molecule has 0 aromatic heterocycles. The molecule has 3 aromatic carbocycles. The van der Waals surface area contributed by atoms with Crippen LogP contribution in [0, 0.1) is 13.8 Å². The first kappa shape index (κ1) is 22.4. The number of benzene rings is 3. The van der Waals surface area contributed by atoms with Crippen LogP contribution < -0.4 is 4.74 Å². The molecule has 166 valence electrons. The average Bonchev–Trinajstić information content (AvgIpc) is 2.82. The number of rotatable bonds is 5. The fraction of sp³-hybridized carbons (Fsp3) is 0.296. The number of aryl methyl sites for hydroxylation is 2. The molecule has 0 aliphatic carbocycles. The maximum atomic E-state index is 13.2. The second-order valence-corrected chi connectivity index (χ2v) is 8.78. The van der Waals surface area contributed by atoms with Crippen LogP contribution in [0.15, 0.2) is 66.7 Å². The number of ether oxygens (including phenoxy) is 1. The largest absolute Gasteiger partial charge is 0.496 e. The van der Waals surface area contributed by atoms with Crippen molar-refractivity contribution in [1.29, 1.82) is 0 Å². The van der Waals surface area contributed by atoms with Gasteiger partial charge in [0.2, 0.25) is 0 Å². The highest BCUT2D eigenvalue weighted by molar-refractivity contribution is 6.31. The summed E-state index contributed by atoms with van der Waals surface area (Å²) in [4.78, 5) is 17.6. The number of halogens is 1. The number of piperazine rings is 1. The van der Waals surface area contributed by atoms with Crippen LogP contribution in [-0.4, -0.2) is 49.0 Å². The lowest BCUT2D eigenvalue weighted by molar-refractivity contribution is 0.0594. The lowest BCUT2D eigenvalue weighted by atomic mass is 9.92. The summed E-state index contributed by atoms with van der Waals surface area (Å²) in [6, 6.07) is 22.6. The van der Waals surface area contributed by atoms with Crippen LogP contribution in [0.5, 0.6) is 5.75 Å². The summed E-state index contributed by atoms with van der Waals surface area (Å²) < 4.78 is 5.40. The molecule has 1 aliphatic heterocycles. The Morgan fingerprint density at radius 2 is 1.66 bits per heavy atom. The second-order valence-electron chi connectivity index (χ2n) is 8.35. The first-order valence-electron chi connectivity index (χ1n) is 11.0. The lowest BCUT2D eigenvalue weighted by Gasteiger charge is -2.40. The molecule has 0 bridgehead atoms. The first-order valence-corrected chi connectivity index (χ1v) is 11.3. The third-order valence-corrected chi connectivity index (χ3v) is 6.44. The molecule has 0 N–H and O–H groups in total. The monoisotopic (exact) mass is 448 g/mol. The standard InChI is InChI=1S/C27H29ClN2O2/c1-19-9-10-20(2)23(17-19)26(21-7-5-4-6-8-21)29-13-15-30(16-14-29)27(31)24-18-22(28)11-12-25(24)32-3/h4-12,17-18,26H,13-16H2,1-3H3. The third kappa shape index (κ3) is 4.67. The van der Waals surface area contributed by atoms with E-state index in [0.717, 1.165) is 13.1 Å². The Morgan fingerprint density at radius 1 is 0.938 bits per heavy atom. The van der Waals surface area contributed by atoms with Crippen molar-refractivity contribution in [3.05, 3.63) is 99.6 Å². The number of nitrogens with zero attached hydrogens (tertiary/aromatic N) is 2. The van der Waals surface area contributed by atoms with E-state index in [2.05, 4.69) is 67.3 Å². The van der Waals surface area contributed by atoms with Gasteiger partial charge >= 0.3 is 0 Å². The molecule has 32 heavy (non-hydrogen) atoms. The van der Waals surface area contributed by atoms with Gasteiger partial charge in [-0.2, -0.15) is 0 Å². The highest BCUT2D eigenvalue weighted by Crippen LogP contribution is 2.33. The summed E-state index contributed by atoms with van der Waals surface area (Å²) in [5.41, 5.74) is 5.66. The molecule has 1 fully saturated rings. The number of carbonyl (C=O) groups is 1. The zero-order valence-electron chi connectivity index (χ0n) is 18.8. The fourth-order valence-corrected chi connectivity index (χ4v) is 4.65. The van der Waals surface area contributed by atoms with Crippen molar-refractivity contribution in [1.82, 2.24) is 9.80 Å². The summed E-state index contributed by atoms with van der Waals surface area (Å²) in [5, 5.41) is 0.534. The van der Waals surface area contributed by atoms with Crippen LogP contribution in [0.1, 0.15) is 38.7 Å². The Hall–Kier alpha value is -2.82. The van der Waals surface area contributed by atoms with Gasteiger partial charge in [-0.15, -0.1) is 0 Å². The van der Waals surface area contributed by atoms with Crippen LogP contribution in [0.4, 0.5) is 0 Å². The maximum absolute atomic E-state index is 13.2. The molecule has 4 nitrogen and oxygen atoms in total. The maximum Gasteiger partial charge on any atom is 0.257 e. The SMILES string of the molecule is COc1ccc(Cl)cc1C(=O)N1CCN(C(c2ccccc2)c2cc(C)ccc2C)CC1. The van der Waals surface area contributed by atoms with Gasteiger partial charge in [0.25, 0.3) is 5.91 Å². The van der Waals surface area contributed by atoms with Crippen molar-refractivity contribution in [2.45, 2.75) is 19.9 Å². The summed E-state index contributed by atoms with van der Waals surface area (Å²) in [5.74, 6) is 0.520. The predicted molar refractivity (Wildman–Crippen MR) is 130 cm³/mol. The highest BCUT2D eigenvalue weighted by atomic mass is 35.5. The Kier molecular flexibility index (Phi) is 6.83. The molecule has 1 unspecified atom stereocenters. The number of hydrogen-bond acceptors (Lipinski definition) is 3. The molecule has 1 heterocycles. The van der Waals surface area contributed by atoms with Gasteiger partial charge in [0.05, 0.1) is 18.7 Å². The van der Waals surface area contributed by atoms with Crippen molar-refractivity contribution < 1.29 is 9.53 Å². The molecule has 0 saturated carbocycles. The third-order valence-electron chi connectivity index (χ3n) is 6.20. The van der Waals surface area contributed by atoms with Gasteiger partial charge in [-0.1, -0.05) is 65.7 Å². The number of amides is 1. The van der Waals surface area contributed by atoms with E-state index in [4.69, 9.17) is 16.3 Å². The van der Waals surface area contributed by atoms with Crippen molar-refractivity contribution in [3.8, 4) is 5.75 Å². The minimum absolute atomic E-state index is 0.0352. The summed E-state index contributed by atoms with van der Waals surface area (Å²) in [6.45, 7) is 7.21. The van der Waals surface area contributed by atoms with Gasteiger partial charge in [0.1, 0.15) is 5.75 Å². The van der Waals surface area contributed by atoms with Gasteiger partial charge in [0.15, 0.2) is 0 Å². The quantitative estimate of drug-likeness (QED) is 0.515. The van der Waals surface area contributed by atoms with E-state index < -0.39 is 0 Å². The van der Waals surface area contributed by atoms with E-state index in [9.17, 15) is 4.79 Å². The number of hydrogen-bond donors (Lipinski definition) is 0. The minimum atomic E-state index is -0.0352. The fourth-order valence-electron chi connectivity index (χ4n) is 4.48. The Morgan fingerprint density at radius 3 is 2.34 bits per heavy atom. The van der Waals surface area contributed by atoms with Crippen molar-refractivity contribution >= 4 is 17.5 Å². The molecule has 4 rings (SSSR count). The van der Waals surface area contributed by atoms with Crippen LogP contribution in [0.2, 0.25) is 5.02 Å². The van der Waals surface area contributed by atoms with Crippen molar-refractivity contribution in [2.24, 2.45) is 0 Å². The van der Waals surface area contributed by atoms with Crippen LogP contribution >= 0.6 is 11.6 Å². The molecule has 5 heteroatoms. The molecule has 1 amide bonds. The Balaban J connectivity index is 1.58. The van der Waals surface area contributed by atoms with Gasteiger partial charge < -0.3 is 9.64 Å². The zero-order chi connectivity index (χ0) is 22.7. The average molecular weight is 449 g/mol. The molecular formula is C27H29ClN2O2. The zero-order valence-corrected chi connectivity index (χ0v) is 19.6. The van der Waals surface area contributed by atoms with Crippen LogP contribution in [0.25, 0.3) is 0 Å². The molecular weight excluding hydrogens is 420 g/mol. The smallest absolute Gasteiger partial charge is 0.257 e. The van der Waals surface area contributed by atoms with E-state index >= 15 is 0 Å². The van der Waals surface area contributed by atoms with E-state index in [1.807, 2.05) is 4.90 Å². The van der Waals surface area contributed by atoms with Crippen LogP contribution in [-0.2, 0) is 0 Å². The topological polar surface area (TPSA) is 32.8 Å². The Bertz CT molecular complexity index is 1090.